The maximum absolute atomic E-state index is 12.3. The minimum Gasteiger partial charge on any atom is -0.298 e. The summed E-state index contributed by atoms with van der Waals surface area (Å²) in [6.45, 7) is 3.45. The second-order valence-corrected chi connectivity index (χ2v) is 6.19. The van der Waals surface area contributed by atoms with Crippen molar-refractivity contribution in [2.75, 3.05) is 0 Å². The zero-order valence-corrected chi connectivity index (χ0v) is 12.2. The summed E-state index contributed by atoms with van der Waals surface area (Å²) in [7, 11) is 0. The monoisotopic (exact) mass is 293 g/mol. The number of nitrogens with one attached hydrogen (secondary N) is 1. The van der Waals surface area contributed by atoms with Crippen LogP contribution in [0.2, 0.25) is 0 Å². The molecule has 114 valence electrons. The van der Waals surface area contributed by atoms with Crippen LogP contribution in [0.3, 0.4) is 0 Å². The first kappa shape index (κ1) is 15.5. The van der Waals surface area contributed by atoms with Crippen molar-refractivity contribution in [3.63, 3.8) is 0 Å². The summed E-state index contributed by atoms with van der Waals surface area (Å²) in [6.07, 6.45) is 0.571. The van der Waals surface area contributed by atoms with Crippen LogP contribution < -0.4 is 5.32 Å². The summed E-state index contributed by atoms with van der Waals surface area (Å²) in [5.41, 5.74) is 0. The van der Waals surface area contributed by atoms with Gasteiger partial charge in [0.1, 0.15) is 5.92 Å². The number of carbonyl (C=O) groups is 5. The molecule has 1 aliphatic carbocycles. The van der Waals surface area contributed by atoms with Crippen molar-refractivity contribution < 1.29 is 24.0 Å². The highest BCUT2D eigenvalue weighted by atomic mass is 16.2. The van der Waals surface area contributed by atoms with Gasteiger partial charge >= 0.3 is 0 Å². The Balaban J connectivity index is 2.08. The predicted molar refractivity (Wildman–Crippen MR) is 71.9 cm³/mol. The standard InChI is InChI=1S/C15H19NO5/c1-7-3-8(2)15(21)13(14(7)20)10(17)4-9-5-11(18)16-12(19)6-9/h7-9,13H,3-6H2,1-2H3,(H,16,18,19)/t7-,8-/m0/s1. The van der Waals surface area contributed by atoms with Gasteiger partial charge in [0.2, 0.25) is 11.8 Å². The van der Waals surface area contributed by atoms with Crippen molar-refractivity contribution in [2.45, 2.75) is 39.5 Å². The van der Waals surface area contributed by atoms with Gasteiger partial charge in [0.25, 0.3) is 0 Å². The average molecular weight is 293 g/mol. The van der Waals surface area contributed by atoms with Crippen LogP contribution in [0.1, 0.15) is 39.5 Å². The number of hydrogen-bond acceptors (Lipinski definition) is 5. The summed E-state index contributed by atoms with van der Waals surface area (Å²) >= 11 is 0. The Labute approximate surface area is 122 Å². The normalized spacial score (nSPS) is 31.2. The van der Waals surface area contributed by atoms with Gasteiger partial charge < -0.3 is 0 Å². The summed E-state index contributed by atoms with van der Waals surface area (Å²) in [5, 5.41) is 2.17. The van der Waals surface area contributed by atoms with Gasteiger partial charge in [0, 0.05) is 31.1 Å². The van der Waals surface area contributed by atoms with Crippen LogP contribution in [0, 0.1) is 23.7 Å². The minimum atomic E-state index is -1.20. The van der Waals surface area contributed by atoms with E-state index >= 15 is 0 Å². The second kappa shape index (κ2) is 5.87. The Kier molecular flexibility index (Phi) is 4.34. The smallest absolute Gasteiger partial charge is 0.226 e. The van der Waals surface area contributed by atoms with Gasteiger partial charge in [-0.05, 0) is 12.3 Å². The Morgan fingerprint density at radius 2 is 1.48 bits per heavy atom. The molecular formula is C15H19NO5. The molecule has 1 N–H and O–H groups in total. The molecule has 6 heteroatoms. The quantitative estimate of drug-likeness (QED) is 0.601. The van der Waals surface area contributed by atoms with E-state index in [0.717, 1.165) is 0 Å². The maximum Gasteiger partial charge on any atom is 0.226 e. The van der Waals surface area contributed by atoms with Gasteiger partial charge in [-0.15, -0.1) is 0 Å². The molecule has 1 heterocycles. The highest BCUT2D eigenvalue weighted by Gasteiger charge is 2.44. The average Bonchev–Trinajstić information content (AvgIpc) is 2.35. The van der Waals surface area contributed by atoms with E-state index in [1.54, 1.807) is 13.8 Å². The molecule has 0 aromatic heterocycles. The second-order valence-electron chi connectivity index (χ2n) is 6.19. The molecule has 2 amide bonds. The van der Waals surface area contributed by atoms with Crippen LogP contribution in [-0.2, 0) is 24.0 Å². The molecule has 0 radical (unpaired) electrons. The van der Waals surface area contributed by atoms with Crippen LogP contribution >= 0.6 is 0 Å². The van der Waals surface area contributed by atoms with Crippen molar-refractivity contribution in [1.82, 2.24) is 5.32 Å². The maximum atomic E-state index is 12.3. The molecule has 1 saturated heterocycles. The van der Waals surface area contributed by atoms with Crippen LogP contribution in [0.4, 0.5) is 0 Å². The van der Waals surface area contributed by atoms with E-state index in [2.05, 4.69) is 5.32 Å². The third kappa shape index (κ3) is 3.25. The number of Topliss-reactive ketones (excluding diaryl/α,β-unsaturated/α-hetero) is 3. The van der Waals surface area contributed by atoms with Crippen molar-refractivity contribution in [1.29, 1.82) is 0 Å². The molecule has 0 aromatic carbocycles. The van der Waals surface area contributed by atoms with Crippen LogP contribution in [0.15, 0.2) is 0 Å². The summed E-state index contributed by atoms with van der Waals surface area (Å²) in [4.78, 5) is 59.1. The van der Waals surface area contributed by atoms with Crippen LogP contribution in [0.5, 0.6) is 0 Å². The van der Waals surface area contributed by atoms with Gasteiger partial charge in [-0.3, -0.25) is 29.3 Å². The lowest BCUT2D eigenvalue weighted by atomic mass is 9.71. The Hall–Kier alpha value is -1.85. The first-order valence-corrected chi connectivity index (χ1v) is 7.22. The highest BCUT2D eigenvalue weighted by molar-refractivity contribution is 6.21. The van der Waals surface area contributed by atoms with E-state index in [4.69, 9.17) is 0 Å². The fourth-order valence-corrected chi connectivity index (χ4v) is 3.19. The van der Waals surface area contributed by atoms with E-state index in [0.29, 0.717) is 6.42 Å². The summed E-state index contributed by atoms with van der Waals surface area (Å²) in [5.74, 6) is -4.14. The molecule has 21 heavy (non-hydrogen) atoms. The van der Waals surface area contributed by atoms with Crippen molar-refractivity contribution in [2.24, 2.45) is 23.7 Å². The molecule has 0 aromatic rings. The largest absolute Gasteiger partial charge is 0.298 e. The topological polar surface area (TPSA) is 97.4 Å². The van der Waals surface area contributed by atoms with Gasteiger partial charge in [-0.1, -0.05) is 13.8 Å². The number of carbonyl (C=O) groups excluding carboxylic acids is 5. The number of rotatable bonds is 3. The minimum absolute atomic E-state index is 0.0687. The first-order valence-electron chi connectivity index (χ1n) is 7.22. The molecule has 0 bridgehead atoms. The summed E-state index contributed by atoms with van der Waals surface area (Å²) in [6, 6.07) is 0. The number of piperidine rings is 1. The van der Waals surface area contributed by atoms with Gasteiger partial charge in [0.05, 0.1) is 0 Å². The molecular weight excluding hydrogens is 274 g/mol. The van der Waals surface area contributed by atoms with Crippen LogP contribution in [-0.4, -0.2) is 29.2 Å². The lowest BCUT2D eigenvalue weighted by molar-refractivity contribution is -0.147. The zero-order chi connectivity index (χ0) is 15.7. The number of amides is 2. The number of hydrogen-bond donors (Lipinski definition) is 1. The Morgan fingerprint density at radius 1 is 1.00 bits per heavy atom. The first-order chi connectivity index (χ1) is 9.79. The third-order valence-corrected chi connectivity index (χ3v) is 4.29. The lowest BCUT2D eigenvalue weighted by Gasteiger charge is -2.29. The van der Waals surface area contributed by atoms with E-state index < -0.39 is 29.4 Å². The van der Waals surface area contributed by atoms with Crippen LogP contribution in [0.25, 0.3) is 0 Å². The van der Waals surface area contributed by atoms with E-state index in [1.165, 1.54) is 0 Å². The Morgan fingerprint density at radius 3 is 1.95 bits per heavy atom. The van der Waals surface area contributed by atoms with Crippen molar-refractivity contribution in [3.8, 4) is 0 Å². The van der Waals surface area contributed by atoms with E-state index in [-0.39, 0.29) is 42.7 Å². The molecule has 1 aliphatic heterocycles. The van der Waals surface area contributed by atoms with E-state index in [9.17, 15) is 24.0 Å². The molecule has 6 nitrogen and oxygen atoms in total. The SMILES string of the molecule is C[C@H]1C[C@H](C)C(=O)C(C(=O)CC2CC(=O)NC(=O)C2)C1=O. The van der Waals surface area contributed by atoms with Gasteiger partial charge in [-0.25, -0.2) is 0 Å². The number of imide groups is 1. The molecule has 2 rings (SSSR count). The zero-order valence-electron chi connectivity index (χ0n) is 12.2. The molecule has 0 spiro atoms. The molecule has 2 fully saturated rings. The van der Waals surface area contributed by atoms with Gasteiger partial charge in [0.15, 0.2) is 17.3 Å². The predicted octanol–water partition coefficient (Wildman–Crippen LogP) is 0.429. The number of ketones is 3. The summed E-state index contributed by atoms with van der Waals surface area (Å²) < 4.78 is 0. The van der Waals surface area contributed by atoms with E-state index in [1.807, 2.05) is 0 Å². The fraction of sp³-hybridized carbons (Fsp3) is 0.667. The third-order valence-electron chi connectivity index (χ3n) is 4.29. The molecule has 2 aliphatic rings. The van der Waals surface area contributed by atoms with Crippen molar-refractivity contribution >= 4 is 29.2 Å². The molecule has 0 unspecified atom stereocenters. The lowest BCUT2D eigenvalue weighted by Crippen LogP contribution is -2.45. The highest BCUT2D eigenvalue weighted by Crippen LogP contribution is 2.30. The Bertz CT molecular complexity index is 488. The van der Waals surface area contributed by atoms with Crippen molar-refractivity contribution in [3.05, 3.63) is 0 Å². The molecule has 2 atom stereocenters. The van der Waals surface area contributed by atoms with Gasteiger partial charge in [-0.2, -0.15) is 0 Å². The molecule has 1 saturated carbocycles. The fourth-order valence-electron chi connectivity index (χ4n) is 3.19.